The zero-order valence-electron chi connectivity index (χ0n) is 22.2. The van der Waals surface area contributed by atoms with E-state index < -0.39 is 18.0 Å². The second-order valence-electron chi connectivity index (χ2n) is 8.81. The van der Waals surface area contributed by atoms with E-state index in [2.05, 4.69) is 22.2 Å². The number of aliphatic imine (C=N–C) groups is 1. The van der Waals surface area contributed by atoms with Crippen molar-refractivity contribution >= 4 is 17.9 Å². The lowest BCUT2D eigenvalue weighted by molar-refractivity contribution is -0.140. The van der Waals surface area contributed by atoms with Crippen molar-refractivity contribution in [3.05, 3.63) is 42.9 Å². The number of carbonyl (C=O) groups is 2. The van der Waals surface area contributed by atoms with Gasteiger partial charge in [0.25, 0.3) is 0 Å². The summed E-state index contributed by atoms with van der Waals surface area (Å²) in [4.78, 5) is 28.6. The Kier molecular flexibility index (Phi) is 18.8. The Bertz CT molecular complexity index is 871. The molecule has 2 rings (SSSR count). The van der Waals surface area contributed by atoms with Gasteiger partial charge in [0.2, 0.25) is 0 Å². The molecule has 0 aliphatic carbocycles. The van der Waals surface area contributed by atoms with Crippen molar-refractivity contribution < 1.29 is 24.2 Å². The van der Waals surface area contributed by atoms with Crippen LogP contribution in [0.4, 0.5) is 0 Å². The minimum absolute atomic E-state index is 0.0129. The Labute approximate surface area is 219 Å². The number of hydrogen-bond donors (Lipinski definition) is 6. The summed E-state index contributed by atoms with van der Waals surface area (Å²) in [5.74, 6) is -0.478. The zero-order chi connectivity index (χ0) is 28.1. The third-order valence-corrected chi connectivity index (χ3v) is 4.95. The van der Waals surface area contributed by atoms with Gasteiger partial charge < -0.3 is 37.1 Å². The molecule has 0 aliphatic heterocycles. The number of benzene rings is 1. The summed E-state index contributed by atoms with van der Waals surface area (Å²) in [5.41, 5.74) is 16.4. The van der Waals surface area contributed by atoms with Gasteiger partial charge in [-0.05, 0) is 38.1 Å². The van der Waals surface area contributed by atoms with Gasteiger partial charge in [0.15, 0.2) is 18.1 Å². The number of aromatic nitrogens is 1. The Balaban J connectivity index is 0.000000528. The Morgan fingerprint density at radius 2 is 1.76 bits per heavy atom. The largest absolute Gasteiger partial charge is 0.480 e. The highest BCUT2D eigenvalue weighted by Gasteiger charge is 2.17. The molecule has 9 N–H and O–H groups in total. The molecular formula is C26H44N6O5. The molecule has 11 nitrogen and oxygen atoms in total. The summed E-state index contributed by atoms with van der Waals surface area (Å²) in [7, 11) is 0. The van der Waals surface area contributed by atoms with Gasteiger partial charge >= 0.3 is 11.9 Å². The van der Waals surface area contributed by atoms with Gasteiger partial charge in [-0.2, -0.15) is 0 Å². The van der Waals surface area contributed by atoms with Crippen LogP contribution in [0.2, 0.25) is 0 Å². The quantitative estimate of drug-likeness (QED) is 0.122. The molecule has 1 aromatic carbocycles. The number of carboxylic acids is 2. The molecule has 1 heterocycles. The van der Waals surface area contributed by atoms with Crippen LogP contribution in [0.25, 0.3) is 11.3 Å². The first-order valence-electron chi connectivity index (χ1n) is 12.5. The lowest BCUT2D eigenvalue weighted by Crippen LogP contribution is -2.38. The average Bonchev–Trinajstić information content (AvgIpc) is 3.39. The van der Waals surface area contributed by atoms with E-state index in [0.717, 1.165) is 24.3 Å². The van der Waals surface area contributed by atoms with Crippen molar-refractivity contribution in [2.45, 2.75) is 71.4 Å². The van der Waals surface area contributed by atoms with E-state index >= 15 is 0 Å². The highest BCUT2D eigenvalue weighted by Crippen LogP contribution is 2.16. The van der Waals surface area contributed by atoms with Crippen molar-refractivity contribution in [3.8, 4) is 11.3 Å². The first kappa shape index (κ1) is 33.6. The number of oxazole rings is 1. The van der Waals surface area contributed by atoms with Crippen LogP contribution in [0.5, 0.6) is 0 Å². The highest BCUT2D eigenvalue weighted by molar-refractivity contribution is 5.75. The fourth-order valence-electron chi connectivity index (χ4n) is 3.00. The molecule has 0 aliphatic rings. The van der Waals surface area contributed by atoms with E-state index in [-0.39, 0.29) is 12.0 Å². The smallest absolute Gasteiger partial charge is 0.320 e. The fourth-order valence-corrected chi connectivity index (χ4v) is 3.00. The fraction of sp³-hybridized carbons (Fsp3) is 0.538. The SMILES string of the molecule is CCCCCN[C@@H](CC(C)C)C(=O)O.NC(N)=NCCC[C@H](N)C(=O)O.c1ccc(-c2cnco2)cc1. The first-order chi connectivity index (χ1) is 17.6. The van der Waals surface area contributed by atoms with Gasteiger partial charge in [0, 0.05) is 12.1 Å². The molecule has 0 radical (unpaired) electrons. The number of unbranched alkanes of at least 4 members (excludes halogenated alkanes) is 2. The monoisotopic (exact) mass is 520 g/mol. The van der Waals surface area contributed by atoms with Gasteiger partial charge in [-0.15, -0.1) is 0 Å². The zero-order valence-corrected chi connectivity index (χ0v) is 22.2. The van der Waals surface area contributed by atoms with Crippen molar-refractivity contribution in [1.82, 2.24) is 10.3 Å². The van der Waals surface area contributed by atoms with Crippen LogP contribution in [0, 0.1) is 5.92 Å². The van der Waals surface area contributed by atoms with E-state index in [4.69, 9.17) is 31.8 Å². The van der Waals surface area contributed by atoms with Crippen molar-refractivity contribution in [2.24, 2.45) is 28.1 Å². The third kappa shape index (κ3) is 18.5. The number of rotatable bonds is 14. The maximum absolute atomic E-state index is 10.8. The van der Waals surface area contributed by atoms with Crippen LogP contribution >= 0.6 is 0 Å². The van der Waals surface area contributed by atoms with E-state index in [1.54, 1.807) is 6.20 Å². The number of nitrogens with one attached hydrogen (secondary N) is 1. The molecular weight excluding hydrogens is 476 g/mol. The van der Waals surface area contributed by atoms with E-state index in [1.807, 2.05) is 44.2 Å². The maximum Gasteiger partial charge on any atom is 0.320 e. The van der Waals surface area contributed by atoms with Gasteiger partial charge in [0.05, 0.1) is 6.20 Å². The number of carboxylic acid groups (broad SMARTS) is 2. The second kappa shape index (κ2) is 20.7. The third-order valence-electron chi connectivity index (χ3n) is 4.95. The molecule has 0 saturated heterocycles. The first-order valence-corrected chi connectivity index (χ1v) is 12.5. The van der Waals surface area contributed by atoms with Crippen LogP contribution < -0.4 is 22.5 Å². The van der Waals surface area contributed by atoms with Gasteiger partial charge in [0.1, 0.15) is 12.1 Å². The molecule has 0 saturated carbocycles. The number of nitrogens with zero attached hydrogens (tertiary/aromatic N) is 2. The van der Waals surface area contributed by atoms with Gasteiger partial charge in [-0.3, -0.25) is 14.6 Å². The van der Waals surface area contributed by atoms with Crippen LogP contribution in [0.1, 0.15) is 59.3 Å². The number of hydrogen-bond acceptors (Lipinski definition) is 7. The molecule has 11 heteroatoms. The van der Waals surface area contributed by atoms with Gasteiger partial charge in [-0.1, -0.05) is 63.9 Å². The second-order valence-corrected chi connectivity index (χ2v) is 8.81. The number of guanidine groups is 1. The van der Waals surface area contributed by atoms with E-state index in [9.17, 15) is 9.59 Å². The van der Waals surface area contributed by atoms with E-state index in [1.165, 1.54) is 19.2 Å². The predicted molar refractivity (Wildman–Crippen MR) is 146 cm³/mol. The molecule has 0 fully saturated rings. The molecule has 37 heavy (non-hydrogen) atoms. The molecule has 0 unspecified atom stereocenters. The number of aliphatic carboxylic acids is 2. The summed E-state index contributed by atoms with van der Waals surface area (Å²) in [6.45, 7) is 7.47. The average molecular weight is 521 g/mol. The normalized spacial score (nSPS) is 11.8. The van der Waals surface area contributed by atoms with Gasteiger partial charge in [-0.25, -0.2) is 4.98 Å². The Morgan fingerprint density at radius 1 is 1.08 bits per heavy atom. The molecule has 2 atom stereocenters. The summed E-state index contributed by atoms with van der Waals surface area (Å²) in [6.07, 6.45) is 8.21. The summed E-state index contributed by atoms with van der Waals surface area (Å²) < 4.78 is 5.11. The number of nitrogens with two attached hydrogens (primary N) is 3. The molecule has 208 valence electrons. The van der Waals surface area contributed by atoms with Crippen LogP contribution in [0.3, 0.4) is 0 Å². The molecule has 1 aromatic heterocycles. The highest BCUT2D eigenvalue weighted by atomic mass is 16.4. The van der Waals surface area contributed by atoms with Crippen molar-refractivity contribution in [1.29, 1.82) is 0 Å². The molecule has 0 bridgehead atoms. The van der Waals surface area contributed by atoms with E-state index in [0.29, 0.717) is 31.7 Å². The minimum Gasteiger partial charge on any atom is -0.480 e. The Morgan fingerprint density at radius 3 is 2.24 bits per heavy atom. The topological polar surface area (TPSA) is 203 Å². The lowest BCUT2D eigenvalue weighted by Gasteiger charge is -2.16. The predicted octanol–water partition coefficient (Wildman–Crippen LogP) is 3.06. The maximum atomic E-state index is 10.8. The summed E-state index contributed by atoms with van der Waals surface area (Å²) in [6, 6.07) is 8.70. The lowest BCUT2D eigenvalue weighted by atomic mass is 10.0. The van der Waals surface area contributed by atoms with Crippen LogP contribution in [-0.2, 0) is 9.59 Å². The molecule has 0 spiro atoms. The van der Waals surface area contributed by atoms with Crippen molar-refractivity contribution in [3.63, 3.8) is 0 Å². The summed E-state index contributed by atoms with van der Waals surface area (Å²) in [5, 5.41) is 20.4. The minimum atomic E-state index is -1.00. The standard InChI is InChI=1S/C11H23NO2.C9H7NO.C6H14N4O2/c1-4-5-6-7-12-10(11(13)14)8-9(2)3;1-2-4-8(5-3-1)9-6-10-7-11-9;7-4(5(11)12)2-1-3-10-6(8)9/h9-10,12H,4-8H2,1-3H3,(H,13,14);1-7H;4H,1-3,7H2,(H,11,12)(H4,8,9,10)/t10-;;4-/m0.0/s1. The van der Waals surface area contributed by atoms with Crippen molar-refractivity contribution in [2.75, 3.05) is 13.1 Å². The summed E-state index contributed by atoms with van der Waals surface area (Å²) >= 11 is 0. The Hall–Kier alpha value is -3.44. The van der Waals surface area contributed by atoms with Crippen LogP contribution in [0.15, 0.2) is 52.3 Å². The molecule has 0 amide bonds. The van der Waals surface area contributed by atoms with Crippen LogP contribution in [-0.4, -0.2) is 58.3 Å². The molecule has 2 aromatic rings.